The number of hydrogen-bond acceptors (Lipinski definition) is 3. The van der Waals surface area contributed by atoms with Crippen molar-refractivity contribution < 1.29 is 17.9 Å². The number of benzene rings is 1. The number of alkyl halides is 3. The number of nitrogens with zero attached hydrogens (tertiary/aromatic N) is 1. The van der Waals surface area contributed by atoms with E-state index in [1.165, 1.54) is 0 Å². The molecule has 92 valence electrons. The van der Waals surface area contributed by atoms with Gasteiger partial charge in [0.25, 0.3) is 0 Å². The topological polar surface area (TPSA) is 45.0 Å². The Kier molecular flexibility index (Phi) is 4.79. The fourth-order valence-electron chi connectivity index (χ4n) is 1.19. The van der Waals surface area contributed by atoms with E-state index in [-0.39, 0.29) is 6.54 Å². The summed E-state index contributed by atoms with van der Waals surface area (Å²) in [7, 11) is 0. The van der Waals surface area contributed by atoms with Crippen molar-refractivity contribution in [2.45, 2.75) is 12.8 Å². The largest absolute Gasteiger partial charge is 0.522 e. The molecule has 0 aromatic heterocycles. The van der Waals surface area contributed by atoms with Gasteiger partial charge in [-0.15, -0.1) is 13.2 Å². The highest BCUT2D eigenvalue weighted by Crippen LogP contribution is 2.15. The molecule has 0 bridgehead atoms. The third-order valence-electron chi connectivity index (χ3n) is 1.93. The number of ether oxygens (including phenoxy) is 1. The molecule has 0 unspecified atom stereocenters. The van der Waals surface area contributed by atoms with Crippen molar-refractivity contribution in [3.8, 4) is 6.07 Å². The molecule has 6 heteroatoms. The van der Waals surface area contributed by atoms with Gasteiger partial charge in [0.2, 0.25) is 0 Å². The predicted molar refractivity (Wildman–Crippen MR) is 56.3 cm³/mol. The van der Waals surface area contributed by atoms with E-state index in [0.717, 1.165) is 5.56 Å². The fraction of sp³-hybridized carbons (Fsp3) is 0.364. The number of nitriles is 1. The highest BCUT2D eigenvalue weighted by atomic mass is 19.4. The van der Waals surface area contributed by atoms with Gasteiger partial charge in [-0.25, -0.2) is 0 Å². The van der Waals surface area contributed by atoms with Gasteiger partial charge in [0.1, 0.15) is 0 Å². The monoisotopic (exact) mass is 244 g/mol. The van der Waals surface area contributed by atoms with Gasteiger partial charge >= 0.3 is 6.36 Å². The van der Waals surface area contributed by atoms with Crippen LogP contribution in [0.25, 0.3) is 0 Å². The number of hydrogen-bond donors (Lipinski definition) is 1. The molecule has 0 atom stereocenters. The third-order valence-corrected chi connectivity index (χ3v) is 1.93. The average Bonchev–Trinajstić information content (AvgIpc) is 2.26. The molecule has 1 aromatic rings. The Morgan fingerprint density at radius 3 is 2.41 bits per heavy atom. The summed E-state index contributed by atoms with van der Waals surface area (Å²) in [5.74, 6) is 0. The van der Waals surface area contributed by atoms with Crippen molar-refractivity contribution in [3.63, 3.8) is 0 Å². The van der Waals surface area contributed by atoms with E-state index in [1.54, 1.807) is 24.3 Å². The Labute approximate surface area is 96.8 Å². The zero-order valence-corrected chi connectivity index (χ0v) is 8.92. The number of nitrogens with one attached hydrogen (secondary N) is 1. The first-order valence-electron chi connectivity index (χ1n) is 4.92. The molecule has 0 saturated heterocycles. The van der Waals surface area contributed by atoms with Crippen LogP contribution in [0.3, 0.4) is 0 Å². The first kappa shape index (κ1) is 13.3. The second-order valence-electron chi connectivity index (χ2n) is 3.25. The van der Waals surface area contributed by atoms with Crippen LogP contribution in [0.15, 0.2) is 24.3 Å². The maximum atomic E-state index is 11.6. The summed E-state index contributed by atoms with van der Waals surface area (Å²) in [6, 6.07) is 8.92. The lowest BCUT2D eigenvalue weighted by Crippen LogP contribution is -2.19. The summed E-state index contributed by atoms with van der Waals surface area (Å²) in [5.41, 5.74) is 1.56. The van der Waals surface area contributed by atoms with E-state index < -0.39 is 13.0 Å². The van der Waals surface area contributed by atoms with E-state index in [0.29, 0.717) is 12.1 Å². The lowest BCUT2D eigenvalue weighted by molar-refractivity contribution is -0.322. The minimum Gasteiger partial charge on any atom is -0.383 e. The molecule has 1 aromatic carbocycles. The summed E-state index contributed by atoms with van der Waals surface area (Å²) >= 11 is 0. The van der Waals surface area contributed by atoms with E-state index in [9.17, 15) is 13.2 Å². The molecule has 0 fully saturated rings. The smallest absolute Gasteiger partial charge is 0.383 e. The maximum Gasteiger partial charge on any atom is 0.522 e. The second-order valence-corrected chi connectivity index (χ2v) is 3.25. The highest BCUT2D eigenvalue weighted by Gasteiger charge is 2.28. The van der Waals surface area contributed by atoms with Crippen LogP contribution >= 0.6 is 0 Å². The molecule has 1 N–H and O–H groups in total. The van der Waals surface area contributed by atoms with Gasteiger partial charge in [0.05, 0.1) is 19.1 Å². The number of halogens is 3. The first-order chi connectivity index (χ1) is 8.01. The SMILES string of the molecule is N#CCc1ccc(NCCOC(F)(F)F)cc1. The van der Waals surface area contributed by atoms with Crippen molar-refractivity contribution in [2.24, 2.45) is 0 Å². The molecule has 3 nitrogen and oxygen atoms in total. The van der Waals surface area contributed by atoms with E-state index in [2.05, 4.69) is 10.1 Å². The predicted octanol–water partition coefficient (Wildman–Crippen LogP) is 2.70. The number of rotatable bonds is 5. The summed E-state index contributed by atoms with van der Waals surface area (Å²) in [5, 5.41) is 11.2. The van der Waals surface area contributed by atoms with Gasteiger partial charge in [0, 0.05) is 12.2 Å². The molecule has 17 heavy (non-hydrogen) atoms. The van der Waals surface area contributed by atoms with Gasteiger partial charge in [-0.05, 0) is 17.7 Å². The Morgan fingerprint density at radius 2 is 1.88 bits per heavy atom. The highest BCUT2D eigenvalue weighted by molar-refractivity contribution is 5.44. The van der Waals surface area contributed by atoms with E-state index in [1.807, 2.05) is 6.07 Å². The zero-order chi connectivity index (χ0) is 12.7. The van der Waals surface area contributed by atoms with Crippen LogP contribution in [0.1, 0.15) is 5.56 Å². The fourth-order valence-corrected chi connectivity index (χ4v) is 1.19. The van der Waals surface area contributed by atoms with Gasteiger partial charge < -0.3 is 5.32 Å². The standard InChI is InChI=1S/C11H11F3N2O/c12-11(13,14)17-8-7-16-10-3-1-9(2-4-10)5-6-15/h1-4,16H,5,7-8H2. The molecular weight excluding hydrogens is 233 g/mol. The summed E-state index contributed by atoms with van der Waals surface area (Å²) in [4.78, 5) is 0. The molecule has 0 aliphatic rings. The Bertz CT molecular complexity index is 381. The van der Waals surface area contributed by atoms with Crippen molar-refractivity contribution >= 4 is 5.69 Å². The number of anilines is 1. The van der Waals surface area contributed by atoms with Crippen LogP contribution in [0.2, 0.25) is 0 Å². The van der Waals surface area contributed by atoms with Crippen molar-refractivity contribution in [1.82, 2.24) is 0 Å². The van der Waals surface area contributed by atoms with Crippen molar-refractivity contribution in [3.05, 3.63) is 29.8 Å². The van der Waals surface area contributed by atoms with E-state index in [4.69, 9.17) is 5.26 Å². The lowest BCUT2D eigenvalue weighted by atomic mass is 10.1. The third kappa shape index (κ3) is 5.78. The zero-order valence-electron chi connectivity index (χ0n) is 8.92. The van der Waals surface area contributed by atoms with Gasteiger partial charge in [-0.3, -0.25) is 4.74 Å². The molecule has 0 saturated carbocycles. The summed E-state index contributed by atoms with van der Waals surface area (Å²) in [6.45, 7) is -0.374. The van der Waals surface area contributed by atoms with Crippen LogP contribution in [0.4, 0.5) is 18.9 Å². The molecule has 0 heterocycles. The average molecular weight is 244 g/mol. The Hall–Kier alpha value is -1.74. The molecular formula is C11H11F3N2O. The van der Waals surface area contributed by atoms with Crippen molar-refractivity contribution in [1.29, 1.82) is 5.26 Å². The molecule has 0 amide bonds. The van der Waals surface area contributed by atoms with Crippen LogP contribution in [-0.2, 0) is 11.2 Å². The van der Waals surface area contributed by atoms with Crippen molar-refractivity contribution in [2.75, 3.05) is 18.5 Å². The minimum absolute atomic E-state index is 0.0666. The van der Waals surface area contributed by atoms with Crippen LogP contribution in [-0.4, -0.2) is 19.5 Å². The summed E-state index contributed by atoms with van der Waals surface area (Å²) < 4.78 is 38.5. The van der Waals surface area contributed by atoms with Gasteiger partial charge in [0.15, 0.2) is 0 Å². The quantitative estimate of drug-likeness (QED) is 0.810. The Balaban J connectivity index is 2.30. The summed E-state index contributed by atoms with van der Waals surface area (Å²) in [6.07, 6.45) is -4.27. The van der Waals surface area contributed by atoms with Crippen LogP contribution in [0.5, 0.6) is 0 Å². The molecule has 1 rings (SSSR count). The van der Waals surface area contributed by atoms with Crippen LogP contribution < -0.4 is 5.32 Å². The minimum atomic E-state index is -4.58. The van der Waals surface area contributed by atoms with Gasteiger partial charge in [-0.1, -0.05) is 12.1 Å². The second kappa shape index (κ2) is 6.11. The normalized spacial score (nSPS) is 10.9. The molecule has 0 radical (unpaired) electrons. The maximum absolute atomic E-state index is 11.6. The van der Waals surface area contributed by atoms with Gasteiger partial charge in [-0.2, -0.15) is 5.26 Å². The Morgan fingerprint density at radius 1 is 1.24 bits per heavy atom. The molecule has 0 aliphatic heterocycles. The molecule has 0 aliphatic carbocycles. The first-order valence-corrected chi connectivity index (χ1v) is 4.92. The lowest BCUT2D eigenvalue weighted by Gasteiger charge is -2.09. The molecule has 0 spiro atoms. The van der Waals surface area contributed by atoms with Crippen LogP contribution in [0, 0.1) is 11.3 Å². The van der Waals surface area contributed by atoms with E-state index >= 15 is 0 Å².